The number of thiophene rings is 1. The minimum absolute atomic E-state index is 0.131. The second kappa shape index (κ2) is 4.31. The second-order valence-electron chi connectivity index (χ2n) is 3.14. The molecule has 2 N–H and O–H groups in total. The highest BCUT2D eigenvalue weighted by molar-refractivity contribution is 14.1. The van der Waals surface area contributed by atoms with Gasteiger partial charge in [-0.05, 0) is 41.6 Å². The van der Waals surface area contributed by atoms with E-state index >= 15 is 0 Å². The number of anilines is 1. The minimum atomic E-state index is 0.131. The van der Waals surface area contributed by atoms with E-state index in [1.165, 1.54) is 0 Å². The van der Waals surface area contributed by atoms with E-state index in [2.05, 4.69) is 34.6 Å². The summed E-state index contributed by atoms with van der Waals surface area (Å²) < 4.78 is 3.57. The summed E-state index contributed by atoms with van der Waals surface area (Å²) in [6, 6.07) is 4.03. The van der Waals surface area contributed by atoms with Crippen molar-refractivity contribution in [3.8, 4) is 0 Å². The standard InChI is InChI=1S/C9H9ClIN3S/c1-5(7-2-3-8(10)15-7)14-9(12)6(11)4-13-14/h2-5H,12H2,1H3. The molecule has 1 unspecified atom stereocenters. The third-order valence-electron chi connectivity index (χ3n) is 2.16. The van der Waals surface area contributed by atoms with E-state index in [-0.39, 0.29) is 6.04 Å². The number of hydrogen-bond donors (Lipinski definition) is 1. The lowest BCUT2D eigenvalue weighted by atomic mass is 10.3. The van der Waals surface area contributed by atoms with E-state index in [9.17, 15) is 0 Å². The monoisotopic (exact) mass is 353 g/mol. The first-order chi connectivity index (χ1) is 7.09. The van der Waals surface area contributed by atoms with Crippen molar-refractivity contribution in [1.29, 1.82) is 0 Å². The van der Waals surface area contributed by atoms with Gasteiger partial charge in [-0.3, -0.25) is 0 Å². The van der Waals surface area contributed by atoms with Crippen molar-refractivity contribution < 1.29 is 0 Å². The molecule has 0 fully saturated rings. The van der Waals surface area contributed by atoms with Gasteiger partial charge in [0, 0.05) is 4.88 Å². The molecule has 3 nitrogen and oxygen atoms in total. The zero-order chi connectivity index (χ0) is 11.0. The fourth-order valence-corrected chi connectivity index (χ4v) is 2.80. The van der Waals surface area contributed by atoms with Crippen LogP contribution in [-0.2, 0) is 0 Å². The maximum absolute atomic E-state index is 5.91. The molecule has 80 valence electrons. The summed E-state index contributed by atoms with van der Waals surface area (Å²) in [5.74, 6) is 0.702. The summed E-state index contributed by atoms with van der Waals surface area (Å²) in [5, 5.41) is 4.25. The molecule has 0 bridgehead atoms. The second-order valence-corrected chi connectivity index (χ2v) is 6.05. The van der Waals surface area contributed by atoms with Crippen LogP contribution in [0.4, 0.5) is 5.82 Å². The van der Waals surface area contributed by atoms with Crippen molar-refractivity contribution in [2.24, 2.45) is 0 Å². The van der Waals surface area contributed by atoms with Crippen molar-refractivity contribution >= 4 is 51.3 Å². The van der Waals surface area contributed by atoms with Crippen LogP contribution < -0.4 is 5.73 Å². The van der Waals surface area contributed by atoms with Crippen LogP contribution >= 0.6 is 45.5 Å². The average molecular weight is 354 g/mol. The molecule has 2 aromatic rings. The quantitative estimate of drug-likeness (QED) is 0.841. The van der Waals surface area contributed by atoms with Crippen molar-refractivity contribution in [3.05, 3.63) is 31.1 Å². The van der Waals surface area contributed by atoms with Gasteiger partial charge in [-0.1, -0.05) is 11.6 Å². The molecule has 15 heavy (non-hydrogen) atoms. The summed E-state index contributed by atoms with van der Waals surface area (Å²) in [4.78, 5) is 1.16. The summed E-state index contributed by atoms with van der Waals surface area (Å²) in [7, 11) is 0. The van der Waals surface area contributed by atoms with Crippen molar-refractivity contribution in [3.63, 3.8) is 0 Å². The van der Waals surface area contributed by atoms with E-state index in [1.807, 2.05) is 16.8 Å². The number of nitrogens with two attached hydrogens (primary N) is 1. The van der Waals surface area contributed by atoms with Crippen LogP contribution in [0, 0.1) is 3.57 Å². The van der Waals surface area contributed by atoms with Crippen LogP contribution in [0.25, 0.3) is 0 Å². The maximum atomic E-state index is 5.91. The van der Waals surface area contributed by atoms with E-state index < -0.39 is 0 Å². The molecule has 0 aliphatic heterocycles. The van der Waals surface area contributed by atoms with E-state index in [4.69, 9.17) is 17.3 Å². The molecule has 0 spiro atoms. The first-order valence-electron chi connectivity index (χ1n) is 4.33. The van der Waals surface area contributed by atoms with Gasteiger partial charge in [0.05, 0.1) is 20.1 Å². The van der Waals surface area contributed by atoms with Gasteiger partial charge < -0.3 is 5.73 Å². The fourth-order valence-electron chi connectivity index (χ4n) is 1.33. The zero-order valence-corrected chi connectivity index (χ0v) is 11.7. The van der Waals surface area contributed by atoms with Gasteiger partial charge in [0.2, 0.25) is 0 Å². The van der Waals surface area contributed by atoms with Crippen LogP contribution in [0.5, 0.6) is 0 Å². The Hall–Kier alpha value is -0.270. The fraction of sp³-hybridized carbons (Fsp3) is 0.222. The summed E-state index contributed by atoms with van der Waals surface area (Å²) in [6.07, 6.45) is 1.77. The normalized spacial score (nSPS) is 13.0. The SMILES string of the molecule is CC(c1ccc(Cl)s1)n1ncc(I)c1N. The average Bonchev–Trinajstić information content (AvgIpc) is 2.75. The molecule has 2 aromatic heterocycles. The number of aromatic nitrogens is 2. The number of rotatable bonds is 2. The summed E-state index contributed by atoms with van der Waals surface area (Å²) >= 11 is 9.62. The maximum Gasteiger partial charge on any atom is 0.135 e. The summed E-state index contributed by atoms with van der Waals surface area (Å²) in [6.45, 7) is 2.06. The number of nitrogen functional groups attached to an aromatic ring is 1. The number of hydrogen-bond acceptors (Lipinski definition) is 3. The molecule has 0 saturated carbocycles. The smallest absolute Gasteiger partial charge is 0.135 e. The van der Waals surface area contributed by atoms with Crippen molar-refractivity contribution in [2.45, 2.75) is 13.0 Å². The van der Waals surface area contributed by atoms with Gasteiger partial charge in [0.15, 0.2) is 0 Å². The lowest BCUT2D eigenvalue weighted by Crippen LogP contribution is -2.10. The van der Waals surface area contributed by atoms with Crippen LogP contribution in [0.1, 0.15) is 17.8 Å². The van der Waals surface area contributed by atoms with E-state index in [0.29, 0.717) is 5.82 Å². The molecular formula is C9H9ClIN3S. The van der Waals surface area contributed by atoms with Gasteiger partial charge >= 0.3 is 0 Å². The minimum Gasteiger partial charge on any atom is -0.383 e. The first kappa shape index (κ1) is 11.2. The molecule has 0 aliphatic carbocycles. The van der Waals surface area contributed by atoms with Crippen molar-refractivity contribution in [1.82, 2.24) is 9.78 Å². The van der Waals surface area contributed by atoms with Crippen LogP contribution in [0.3, 0.4) is 0 Å². The molecular weight excluding hydrogens is 345 g/mol. The Morgan fingerprint density at radius 3 is 2.80 bits per heavy atom. The lowest BCUT2D eigenvalue weighted by Gasteiger charge is -2.11. The highest BCUT2D eigenvalue weighted by atomic mass is 127. The van der Waals surface area contributed by atoms with Crippen LogP contribution in [0.15, 0.2) is 18.3 Å². The zero-order valence-electron chi connectivity index (χ0n) is 7.95. The Labute approximate surface area is 110 Å². The number of nitrogens with zero attached hydrogens (tertiary/aromatic N) is 2. The molecule has 0 aromatic carbocycles. The lowest BCUT2D eigenvalue weighted by molar-refractivity contribution is 0.581. The largest absolute Gasteiger partial charge is 0.383 e. The van der Waals surface area contributed by atoms with Gasteiger partial charge in [-0.15, -0.1) is 11.3 Å². The molecule has 1 atom stereocenters. The highest BCUT2D eigenvalue weighted by Crippen LogP contribution is 2.30. The molecule has 0 saturated heterocycles. The van der Waals surface area contributed by atoms with E-state index in [1.54, 1.807) is 17.5 Å². The van der Waals surface area contributed by atoms with Crippen LogP contribution in [0.2, 0.25) is 4.34 Å². The Morgan fingerprint density at radius 2 is 2.33 bits per heavy atom. The van der Waals surface area contributed by atoms with Gasteiger partial charge in [0.25, 0.3) is 0 Å². The van der Waals surface area contributed by atoms with E-state index in [0.717, 1.165) is 12.8 Å². The topological polar surface area (TPSA) is 43.8 Å². The molecule has 6 heteroatoms. The first-order valence-corrected chi connectivity index (χ1v) is 6.60. The predicted molar refractivity (Wildman–Crippen MR) is 72.5 cm³/mol. The molecule has 0 radical (unpaired) electrons. The van der Waals surface area contributed by atoms with Gasteiger partial charge in [-0.25, -0.2) is 4.68 Å². The third kappa shape index (κ3) is 2.14. The Kier molecular flexibility index (Phi) is 3.22. The molecule has 2 heterocycles. The van der Waals surface area contributed by atoms with Gasteiger partial charge in [0.1, 0.15) is 5.82 Å². The molecule has 2 rings (SSSR count). The highest BCUT2D eigenvalue weighted by Gasteiger charge is 2.14. The molecule has 0 amide bonds. The predicted octanol–water partition coefficient (Wildman–Crippen LogP) is 3.39. The number of halogens is 2. The third-order valence-corrected chi connectivity index (χ3v) is 4.39. The van der Waals surface area contributed by atoms with Gasteiger partial charge in [-0.2, -0.15) is 5.10 Å². The summed E-state index contributed by atoms with van der Waals surface area (Å²) in [5.41, 5.74) is 5.91. The Balaban J connectivity index is 2.36. The Morgan fingerprint density at radius 1 is 1.60 bits per heavy atom. The van der Waals surface area contributed by atoms with Crippen LogP contribution in [-0.4, -0.2) is 9.78 Å². The molecule has 0 aliphatic rings. The Bertz CT molecular complexity index is 479. The van der Waals surface area contributed by atoms with Crippen molar-refractivity contribution in [2.75, 3.05) is 5.73 Å².